The fourth-order valence-corrected chi connectivity index (χ4v) is 3.45. The molecule has 0 amide bonds. The molecule has 0 aliphatic rings. The predicted octanol–water partition coefficient (Wildman–Crippen LogP) is 1.37. The third kappa shape index (κ3) is 4.79. The molecule has 0 saturated carbocycles. The van der Waals surface area contributed by atoms with Crippen molar-refractivity contribution < 1.29 is 4.79 Å². The molecular weight excluding hydrogens is 418 g/mol. The molecule has 3 heterocycles. The van der Waals surface area contributed by atoms with E-state index in [0.29, 0.717) is 22.4 Å². The first kappa shape index (κ1) is 21.9. The molecule has 0 spiro atoms. The number of benzene rings is 1. The van der Waals surface area contributed by atoms with Crippen LogP contribution in [0.2, 0.25) is 0 Å². The molecule has 8 heteroatoms. The molecule has 33 heavy (non-hydrogen) atoms. The minimum absolute atomic E-state index is 0.0868. The summed E-state index contributed by atoms with van der Waals surface area (Å²) in [6.45, 7) is 6.07. The van der Waals surface area contributed by atoms with Crippen LogP contribution in [0.5, 0.6) is 0 Å². The first-order chi connectivity index (χ1) is 15.7. The molecule has 0 aliphatic carbocycles. The van der Waals surface area contributed by atoms with Crippen molar-refractivity contribution in [3.8, 4) is 0 Å². The predicted molar refractivity (Wildman–Crippen MR) is 125 cm³/mol. The minimum Gasteiger partial charge on any atom is -0.348 e. The van der Waals surface area contributed by atoms with Gasteiger partial charge in [0.25, 0.3) is 11.1 Å². The molecule has 0 radical (unpaired) electrons. The summed E-state index contributed by atoms with van der Waals surface area (Å²) in [5, 5.41) is 0.195. The number of aromatic nitrogens is 5. The Bertz CT molecular complexity index is 1550. The summed E-state index contributed by atoms with van der Waals surface area (Å²) < 4.78 is 0. The average molecular weight is 441 g/mol. The number of aromatic amines is 3. The van der Waals surface area contributed by atoms with Crippen LogP contribution >= 0.6 is 0 Å². The third-order valence-electron chi connectivity index (χ3n) is 5.09. The second-order valence-electron chi connectivity index (χ2n) is 8.63. The Morgan fingerprint density at radius 3 is 2.24 bits per heavy atom. The minimum atomic E-state index is -0.459. The largest absolute Gasteiger partial charge is 0.348 e. The second kappa shape index (κ2) is 8.66. The van der Waals surface area contributed by atoms with Gasteiger partial charge in [0.1, 0.15) is 10.7 Å². The summed E-state index contributed by atoms with van der Waals surface area (Å²) in [6.07, 6.45) is 7.75. The standard InChI is InChI=1S/C25H23N5O3/c1-25(2,3)22-18(27-14-28-22)13-20-24(33)29-19(23(32)30-20)12-15-5-4-6-17(11-15)21(31)16-7-9-26-10-8-16/h4-14H,1-3H3,(H,27,28)(H,29,33)(H,30,32)/b19-12-,20-13-. The number of nitrogens with zero attached hydrogens (tertiary/aromatic N) is 2. The number of carbonyl (C=O) groups excluding carboxylic acids is 1. The number of nitrogens with one attached hydrogen (secondary N) is 3. The molecule has 0 bridgehead atoms. The van der Waals surface area contributed by atoms with Crippen molar-refractivity contribution >= 4 is 17.9 Å². The number of hydrogen-bond acceptors (Lipinski definition) is 5. The maximum atomic E-state index is 12.7. The van der Waals surface area contributed by atoms with Gasteiger partial charge >= 0.3 is 0 Å². The Morgan fingerprint density at radius 1 is 0.909 bits per heavy atom. The van der Waals surface area contributed by atoms with Gasteiger partial charge in [0.05, 0.1) is 12.0 Å². The molecule has 4 aromatic rings. The van der Waals surface area contributed by atoms with E-state index in [0.717, 1.165) is 5.69 Å². The van der Waals surface area contributed by atoms with Crippen molar-refractivity contribution in [1.29, 1.82) is 0 Å². The van der Waals surface area contributed by atoms with Gasteiger partial charge in [-0.3, -0.25) is 19.4 Å². The summed E-state index contributed by atoms with van der Waals surface area (Å²) in [4.78, 5) is 54.5. The maximum absolute atomic E-state index is 12.7. The molecule has 8 nitrogen and oxygen atoms in total. The molecule has 166 valence electrons. The van der Waals surface area contributed by atoms with Crippen LogP contribution in [0, 0.1) is 0 Å². The lowest BCUT2D eigenvalue weighted by molar-refractivity contribution is 0.103. The lowest BCUT2D eigenvalue weighted by Gasteiger charge is -2.16. The summed E-state index contributed by atoms with van der Waals surface area (Å²) >= 11 is 0. The molecule has 0 fully saturated rings. The highest BCUT2D eigenvalue weighted by molar-refractivity contribution is 6.09. The van der Waals surface area contributed by atoms with Crippen molar-refractivity contribution in [2.75, 3.05) is 0 Å². The first-order valence-electron chi connectivity index (χ1n) is 10.4. The van der Waals surface area contributed by atoms with Gasteiger partial charge in [0, 0.05) is 34.6 Å². The fraction of sp³-hybridized carbons (Fsp3) is 0.160. The number of hydrogen-bond donors (Lipinski definition) is 3. The first-order valence-corrected chi connectivity index (χ1v) is 10.4. The topological polar surface area (TPSA) is 124 Å². The smallest absolute Gasteiger partial charge is 0.272 e. The number of H-pyrrole nitrogens is 3. The van der Waals surface area contributed by atoms with E-state index >= 15 is 0 Å². The monoisotopic (exact) mass is 441 g/mol. The van der Waals surface area contributed by atoms with E-state index in [1.165, 1.54) is 6.08 Å². The zero-order valence-corrected chi connectivity index (χ0v) is 18.5. The van der Waals surface area contributed by atoms with E-state index in [2.05, 4.69) is 24.9 Å². The highest BCUT2D eigenvalue weighted by Crippen LogP contribution is 2.22. The average Bonchev–Trinajstić information content (AvgIpc) is 3.26. The van der Waals surface area contributed by atoms with E-state index in [4.69, 9.17) is 0 Å². The van der Waals surface area contributed by atoms with Crippen LogP contribution < -0.4 is 21.8 Å². The van der Waals surface area contributed by atoms with Crippen LogP contribution in [0.1, 0.15) is 53.6 Å². The molecule has 3 N–H and O–H groups in total. The van der Waals surface area contributed by atoms with Crippen LogP contribution in [0.15, 0.2) is 64.7 Å². The van der Waals surface area contributed by atoms with Gasteiger partial charge in [-0.2, -0.15) is 0 Å². The van der Waals surface area contributed by atoms with E-state index in [9.17, 15) is 14.4 Å². The van der Waals surface area contributed by atoms with Gasteiger partial charge in [-0.15, -0.1) is 0 Å². The lowest BCUT2D eigenvalue weighted by Crippen LogP contribution is -2.46. The van der Waals surface area contributed by atoms with Gasteiger partial charge in [0.15, 0.2) is 5.78 Å². The van der Waals surface area contributed by atoms with Gasteiger partial charge in [0.2, 0.25) is 0 Å². The summed E-state index contributed by atoms with van der Waals surface area (Å²) in [7, 11) is 0. The molecule has 0 saturated heterocycles. The van der Waals surface area contributed by atoms with Gasteiger partial charge < -0.3 is 15.0 Å². The second-order valence-corrected chi connectivity index (χ2v) is 8.63. The van der Waals surface area contributed by atoms with Crippen LogP contribution in [-0.4, -0.2) is 30.7 Å². The number of rotatable bonds is 4. The summed E-state index contributed by atoms with van der Waals surface area (Å²) in [6, 6.07) is 10.1. The van der Waals surface area contributed by atoms with Crippen molar-refractivity contribution in [2.24, 2.45) is 0 Å². The van der Waals surface area contributed by atoms with Gasteiger partial charge in [-0.25, -0.2) is 4.98 Å². The number of pyridine rings is 1. The SMILES string of the molecule is CC(C)(C)c1[nH]cnc1/C=c1\[nH]c(=O)/c(=C/c2cccc(C(=O)c3ccncc3)c2)[nH]c1=O. The molecule has 0 unspecified atom stereocenters. The third-order valence-corrected chi connectivity index (χ3v) is 5.09. The fourth-order valence-electron chi connectivity index (χ4n) is 3.45. The highest BCUT2D eigenvalue weighted by atomic mass is 16.1. The van der Waals surface area contributed by atoms with Crippen molar-refractivity contribution in [3.05, 3.63) is 115 Å². The van der Waals surface area contributed by atoms with E-state index in [1.807, 2.05) is 20.8 Å². The number of carbonyl (C=O) groups is 1. The Labute approximate surface area is 188 Å². The Morgan fingerprint density at radius 2 is 1.58 bits per heavy atom. The van der Waals surface area contributed by atoms with Crippen LogP contribution in [0.4, 0.5) is 0 Å². The lowest BCUT2D eigenvalue weighted by atomic mass is 9.90. The summed E-state index contributed by atoms with van der Waals surface area (Å²) in [5.41, 5.74) is 1.91. The zero-order valence-electron chi connectivity index (χ0n) is 18.5. The van der Waals surface area contributed by atoms with Crippen LogP contribution in [-0.2, 0) is 5.41 Å². The quantitative estimate of drug-likeness (QED) is 0.413. The van der Waals surface area contributed by atoms with E-state index in [-0.39, 0.29) is 21.9 Å². The molecule has 4 rings (SSSR count). The molecule has 3 aromatic heterocycles. The van der Waals surface area contributed by atoms with Gasteiger partial charge in [-0.05, 0) is 35.9 Å². The molecule has 0 aliphatic heterocycles. The van der Waals surface area contributed by atoms with Crippen LogP contribution in [0.3, 0.4) is 0 Å². The van der Waals surface area contributed by atoms with Crippen molar-refractivity contribution in [3.63, 3.8) is 0 Å². The van der Waals surface area contributed by atoms with Crippen molar-refractivity contribution in [1.82, 2.24) is 24.9 Å². The number of imidazole rings is 1. The summed E-state index contributed by atoms with van der Waals surface area (Å²) in [5.74, 6) is -0.159. The highest BCUT2D eigenvalue weighted by Gasteiger charge is 2.19. The molecular formula is C25H23N5O3. The molecule has 1 aromatic carbocycles. The van der Waals surface area contributed by atoms with Crippen molar-refractivity contribution in [2.45, 2.75) is 26.2 Å². The Hall–Kier alpha value is -4.33. The van der Waals surface area contributed by atoms with E-state index < -0.39 is 11.1 Å². The maximum Gasteiger partial charge on any atom is 0.272 e. The van der Waals surface area contributed by atoms with E-state index in [1.54, 1.807) is 61.2 Å². The molecule has 0 atom stereocenters. The Balaban J connectivity index is 1.74. The normalized spacial score (nSPS) is 12.8. The Kier molecular flexibility index (Phi) is 5.74. The van der Waals surface area contributed by atoms with Gasteiger partial charge in [-0.1, -0.05) is 39.0 Å². The zero-order chi connectivity index (χ0) is 23.6. The van der Waals surface area contributed by atoms with Crippen LogP contribution in [0.25, 0.3) is 12.2 Å². The number of ketones is 1.